The van der Waals surface area contributed by atoms with E-state index in [2.05, 4.69) is 10.2 Å². The topological polar surface area (TPSA) is 50.8 Å². The third-order valence-corrected chi connectivity index (χ3v) is 4.36. The summed E-state index contributed by atoms with van der Waals surface area (Å²) in [5.74, 6) is 0.705. The van der Waals surface area contributed by atoms with Crippen molar-refractivity contribution in [1.29, 1.82) is 0 Å². The van der Waals surface area contributed by atoms with Crippen molar-refractivity contribution in [1.82, 2.24) is 10.2 Å². The molecule has 1 aromatic rings. The lowest BCUT2D eigenvalue weighted by Gasteiger charge is -2.30. The number of halogens is 1. The molecule has 0 bridgehead atoms. The van der Waals surface area contributed by atoms with Crippen molar-refractivity contribution in [3.63, 3.8) is 0 Å². The number of carbonyl (C=O) groups excluding carboxylic acids is 1. The van der Waals surface area contributed by atoms with Gasteiger partial charge in [-0.15, -0.1) is 0 Å². The predicted octanol–water partition coefficient (Wildman–Crippen LogP) is 2.00. The highest BCUT2D eigenvalue weighted by Gasteiger charge is 2.28. The van der Waals surface area contributed by atoms with E-state index in [1.165, 1.54) is 0 Å². The van der Waals surface area contributed by atoms with Gasteiger partial charge in [-0.05, 0) is 32.0 Å². The van der Waals surface area contributed by atoms with Gasteiger partial charge in [-0.3, -0.25) is 4.79 Å². The second-order valence-electron chi connectivity index (χ2n) is 5.86. The molecule has 2 aliphatic heterocycles. The summed E-state index contributed by atoms with van der Waals surface area (Å²) in [6, 6.07) is 5.52. The van der Waals surface area contributed by atoms with Crippen molar-refractivity contribution in [2.75, 3.05) is 33.4 Å². The summed E-state index contributed by atoms with van der Waals surface area (Å²) in [7, 11) is 2.00. The highest BCUT2D eigenvalue weighted by Crippen LogP contribution is 2.33. The molecule has 1 saturated heterocycles. The monoisotopic (exact) mass is 324 g/mol. The average Bonchev–Trinajstić information content (AvgIpc) is 2.69. The highest BCUT2D eigenvalue weighted by atomic mass is 35.5. The van der Waals surface area contributed by atoms with Gasteiger partial charge in [-0.25, -0.2) is 0 Å². The number of hydrogen-bond acceptors (Lipinski definition) is 4. The molecule has 2 aliphatic rings. The quantitative estimate of drug-likeness (QED) is 0.904. The van der Waals surface area contributed by atoms with Gasteiger partial charge in [0.1, 0.15) is 11.9 Å². The van der Waals surface area contributed by atoms with Gasteiger partial charge in [-0.1, -0.05) is 17.7 Å². The van der Waals surface area contributed by atoms with Crippen LogP contribution in [0.2, 0.25) is 5.02 Å². The molecule has 6 heteroatoms. The van der Waals surface area contributed by atoms with Crippen molar-refractivity contribution in [2.45, 2.75) is 25.0 Å². The number of nitrogens with zero attached hydrogens (tertiary/aromatic N) is 1. The van der Waals surface area contributed by atoms with E-state index >= 15 is 0 Å². The first-order valence-electron chi connectivity index (χ1n) is 7.66. The van der Waals surface area contributed by atoms with E-state index in [0.29, 0.717) is 24.8 Å². The Hall–Kier alpha value is -1.30. The number of likely N-dealkylation sites (N-methyl/N-ethyl adjacent to an activating group) is 1. The van der Waals surface area contributed by atoms with E-state index in [1.54, 1.807) is 0 Å². The Morgan fingerprint density at radius 1 is 1.41 bits per heavy atom. The van der Waals surface area contributed by atoms with Gasteiger partial charge in [0.05, 0.1) is 19.3 Å². The number of fused-ring (bicyclic) bond motifs is 1. The minimum atomic E-state index is -0.404. The summed E-state index contributed by atoms with van der Waals surface area (Å²) in [6.45, 7) is 2.72. The van der Waals surface area contributed by atoms with Gasteiger partial charge in [0.25, 0.3) is 5.91 Å². The molecule has 0 aliphatic carbocycles. The zero-order valence-electron chi connectivity index (χ0n) is 12.7. The van der Waals surface area contributed by atoms with Gasteiger partial charge in [0.2, 0.25) is 0 Å². The number of carbonyl (C=O) groups is 1. The fourth-order valence-electron chi connectivity index (χ4n) is 2.90. The van der Waals surface area contributed by atoms with Crippen LogP contribution in [0.3, 0.4) is 0 Å². The maximum absolute atomic E-state index is 12.5. The summed E-state index contributed by atoms with van der Waals surface area (Å²) in [4.78, 5) is 14.6. The molecule has 22 heavy (non-hydrogen) atoms. The molecule has 5 nitrogen and oxygen atoms in total. The first-order valence-corrected chi connectivity index (χ1v) is 8.04. The Balaban J connectivity index is 1.73. The standard InChI is InChI=1S/C16H21ClN2O3/c1-19-6-8-22-15(10-19)16(20)18-13-3-2-7-21-14-9-11(17)4-5-12(13)14/h4-5,9,13,15H,2-3,6-8,10H2,1H3,(H,18,20)/t13-,15+/m0/s1. The number of ether oxygens (including phenoxy) is 2. The lowest BCUT2D eigenvalue weighted by atomic mass is 10.0. The van der Waals surface area contributed by atoms with Crippen LogP contribution in [-0.2, 0) is 9.53 Å². The fourth-order valence-corrected chi connectivity index (χ4v) is 3.06. The van der Waals surface area contributed by atoms with Crippen LogP contribution in [0.25, 0.3) is 0 Å². The number of amides is 1. The summed E-state index contributed by atoms with van der Waals surface area (Å²) >= 11 is 6.03. The number of rotatable bonds is 2. The van der Waals surface area contributed by atoms with Crippen LogP contribution >= 0.6 is 11.6 Å². The summed E-state index contributed by atoms with van der Waals surface area (Å²) < 4.78 is 11.3. The number of nitrogens with one attached hydrogen (secondary N) is 1. The number of morpholine rings is 1. The first-order chi connectivity index (χ1) is 10.6. The molecule has 1 N–H and O–H groups in total. The molecule has 0 saturated carbocycles. The number of benzene rings is 1. The van der Waals surface area contributed by atoms with Crippen LogP contribution in [-0.4, -0.2) is 50.3 Å². The van der Waals surface area contributed by atoms with Crippen LogP contribution < -0.4 is 10.1 Å². The molecule has 0 radical (unpaired) electrons. The zero-order valence-corrected chi connectivity index (χ0v) is 13.4. The third kappa shape index (κ3) is 3.54. The van der Waals surface area contributed by atoms with Gasteiger partial charge in [0.15, 0.2) is 0 Å². The first kappa shape index (κ1) is 15.6. The van der Waals surface area contributed by atoms with E-state index in [1.807, 2.05) is 25.2 Å². The smallest absolute Gasteiger partial charge is 0.250 e. The van der Waals surface area contributed by atoms with E-state index in [4.69, 9.17) is 21.1 Å². The van der Waals surface area contributed by atoms with Crippen LogP contribution in [0.5, 0.6) is 5.75 Å². The van der Waals surface area contributed by atoms with E-state index in [0.717, 1.165) is 30.7 Å². The largest absolute Gasteiger partial charge is 0.493 e. The molecule has 0 spiro atoms. The Bertz CT molecular complexity index is 552. The van der Waals surface area contributed by atoms with Crippen molar-refractivity contribution in [2.24, 2.45) is 0 Å². The second-order valence-corrected chi connectivity index (χ2v) is 6.29. The van der Waals surface area contributed by atoms with Crippen molar-refractivity contribution < 1.29 is 14.3 Å². The average molecular weight is 325 g/mol. The second kappa shape index (κ2) is 6.86. The maximum Gasteiger partial charge on any atom is 0.250 e. The lowest BCUT2D eigenvalue weighted by molar-refractivity contribution is -0.138. The van der Waals surface area contributed by atoms with Crippen molar-refractivity contribution >= 4 is 17.5 Å². The SMILES string of the molecule is CN1CCO[C@@H](C(=O)N[C@H]2CCCOc3cc(Cl)ccc32)C1. The molecule has 1 aromatic carbocycles. The van der Waals surface area contributed by atoms with E-state index in [9.17, 15) is 4.79 Å². The van der Waals surface area contributed by atoms with Crippen molar-refractivity contribution in [3.8, 4) is 5.75 Å². The van der Waals surface area contributed by atoms with Gasteiger partial charge in [0, 0.05) is 23.7 Å². The molecule has 1 amide bonds. The molecule has 3 rings (SSSR count). The minimum absolute atomic E-state index is 0.0562. The van der Waals surface area contributed by atoms with Gasteiger partial charge < -0.3 is 19.7 Å². The predicted molar refractivity (Wildman–Crippen MR) is 84.3 cm³/mol. The van der Waals surface area contributed by atoms with Crippen LogP contribution in [0.4, 0.5) is 0 Å². The normalized spacial score (nSPS) is 25.7. The molecule has 1 fully saturated rings. The highest BCUT2D eigenvalue weighted by molar-refractivity contribution is 6.30. The third-order valence-electron chi connectivity index (χ3n) is 4.12. The molecule has 0 aromatic heterocycles. The molecule has 120 valence electrons. The van der Waals surface area contributed by atoms with Crippen molar-refractivity contribution in [3.05, 3.63) is 28.8 Å². The summed E-state index contributed by atoms with van der Waals surface area (Å²) in [6.07, 6.45) is 1.34. The Labute approximate surface area is 135 Å². The van der Waals surface area contributed by atoms with Crippen LogP contribution in [0.1, 0.15) is 24.4 Å². The minimum Gasteiger partial charge on any atom is -0.493 e. The van der Waals surface area contributed by atoms with Crippen LogP contribution in [0, 0.1) is 0 Å². The van der Waals surface area contributed by atoms with E-state index in [-0.39, 0.29) is 11.9 Å². The van der Waals surface area contributed by atoms with Gasteiger partial charge in [-0.2, -0.15) is 0 Å². The maximum atomic E-state index is 12.5. The zero-order chi connectivity index (χ0) is 15.5. The van der Waals surface area contributed by atoms with E-state index < -0.39 is 6.10 Å². The van der Waals surface area contributed by atoms with Gasteiger partial charge >= 0.3 is 0 Å². The molecule has 2 atom stereocenters. The molecular weight excluding hydrogens is 304 g/mol. The summed E-state index contributed by atoms with van der Waals surface area (Å²) in [5, 5.41) is 3.75. The Morgan fingerprint density at radius 3 is 3.09 bits per heavy atom. The Morgan fingerprint density at radius 2 is 2.27 bits per heavy atom. The number of hydrogen-bond donors (Lipinski definition) is 1. The lowest BCUT2D eigenvalue weighted by Crippen LogP contribution is -2.49. The Kier molecular flexibility index (Phi) is 4.86. The molecule has 0 unspecified atom stereocenters. The van der Waals surface area contributed by atoms with Crippen LogP contribution in [0.15, 0.2) is 18.2 Å². The summed E-state index contributed by atoms with van der Waals surface area (Å²) in [5.41, 5.74) is 0.986. The molecular formula is C16H21ClN2O3. The molecule has 2 heterocycles. The fraction of sp³-hybridized carbons (Fsp3) is 0.562.